The van der Waals surface area contributed by atoms with Crippen molar-refractivity contribution in [3.8, 4) is 0 Å². The molecule has 120 valence electrons. The fourth-order valence-electron chi connectivity index (χ4n) is 1.70. The average Bonchev–Trinajstić information content (AvgIpc) is 2.66. The van der Waals surface area contributed by atoms with Gasteiger partial charge < -0.3 is 15.0 Å². The quantitative estimate of drug-likeness (QED) is 0.777. The lowest BCUT2D eigenvalue weighted by Gasteiger charge is -2.26. The molecule has 0 spiro atoms. The number of aryl methyl sites for hydroxylation is 1. The molecule has 1 unspecified atom stereocenters. The van der Waals surface area contributed by atoms with E-state index in [1.807, 2.05) is 51.3 Å². The molecule has 0 aromatic carbocycles. The second kappa shape index (κ2) is 7.00. The largest absolute Gasteiger partial charge is 0.391 e. The van der Waals surface area contributed by atoms with Crippen LogP contribution in [0.3, 0.4) is 0 Å². The van der Waals surface area contributed by atoms with Crippen LogP contribution in [0.15, 0.2) is 0 Å². The van der Waals surface area contributed by atoms with Gasteiger partial charge in [-0.1, -0.05) is 20.8 Å². The number of aliphatic hydroxyl groups excluding tert-OH is 1. The molecular formula is C14H27N5O2. The Morgan fingerprint density at radius 2 is 2.05 bits per heavy atom. The summed E-state index contributed by atoms with van der Waals surface area (Å²) in [5.74, 6) is 1.55. The summed E-state index contributed by atoms with van der Waals surface area (Å²) in [5.41, 5.74) is -0.241. The molecule has 1 aromatic heterocycles. The molecule has 0 aliphatic rings. The van der Waals surface area contributed by atoms with Gasteiger partial charge >= 0.3 is 0 Å². The number of carbonyl (C=O) groups excluding carboxylic acids is 1. The van der Waals surface area contributed by atoms with E-state index in [4.69, 9.17) is 0 Å². The van der Waals surface area contributed by atoms with Crippen molar-refractivity contribution in [2.75, 3.05) is 20.1 Å². The second-order valence-corrected chi connectivity index (χ2v) is 6.58. The van der Waals surface area contributed by atoms with Crippen molar-refractivity contribution in [1.82, 2.24) is 25.0 Å². The summed E-state index contributed by atoms with van der Waals surface area (Å²) in [6, 6.07) is 0. The SMILES string of the molecule is Cc1nnc(CN(C)CC(=O)NCC(O)C(C)(C)C)n1C. The van der Waals surface area contributed by atoms with E-state index in [2.05, 4.69) is 15.5 Å². The number of nitrogens with zero attached hydrogens (tertiary/aromatic N) is 4. The Labute approximate surface area is 126 Å². The van der Waals surface area contributed by atoms with Gasteiger partial charge in [0.25, 0.3) is 0 Å². The van der Waals surface area contributed by atoms with Gasteiger partial charge in [0.05, 0.1) is 19.2 Å². The molecule has 21 heavy (non-hydrogen) atoms. The Morgan fingerprint density at radius 1 is 1.43 bits per heavy atom. The van der Waals surface area contributed by atoms with E-state index >= 15 is 0 Å². The molecule has 0 saturated heterocycles. The summed E-state index contributed by atoms with van der Waals surface area (Å²) in [4.78, 5) is 13.7. The fourth-order valence-corrected chi connectivity index (χ4v) is 1.70. The first kappa shape index (κ1) is 17.6. The number of hydrogen-bond acceptors (Lipinski definition) is 5. The third-order valence-corrected chi connectivity index (χ3v) is 3.50. The van der Waals surface area contributed by atoms with Gasteiger partial charge in [0, 0.05) is 13.6 Å². The van der Waals surface area contributed by atoms with Crippen LogP contribution in [0.25, 0.3) is 0 Å². The smallest absolute Gasteiger partial charge is 0.234 e. The Kier molecular flexibility index (Phi) is 5.86. The van der Waals surface area contributed by atoms with Crippen LogP contribution in [-0.2, 0) is 18.4 Å². The number of rotatable bonds is 6. The maximum Gasteiger partial charge on any atom is 0.234 e. The van der Waals surface area contributed by atoms with Gasteiger partial charge in [-0.2, -0.15) is 0 Å². The summed E-state index contributed by atoms with van der Waals surface area (Å²) in [6.45, 7) is 8.76. The molecule has 1 heterocycles. The Morgan fingerprint density at radius 3 is 2.52 bits per heavy atom. The van der Waals surface area contributed by atoms with Gasteiger partial charge in [-0.25, -0.2) is 0 Å². The normalized spacial score (nSPS) is 13.5. The first-order valence-electron chi connectivity index (χ1n) is 7.09. The van der Waals surface area contributed by atoms with Crippen LogP contribution in [0.5, 0.6) is 0 Å². The molecule has 0 saturated carbocycles. The Bertz CT molecular complexity index is 478. The molecule has 1 amide bonds. The van der Waals surface area contributed by atoms with E-state index in [1.54, 1.807) is 0 Å². The van der Waals surface area contributed by atoms with Crippen molar-refractivity contribution in [3.63, 3.8) is 0 Å². The summed E-state index contributed by atoms with van der Waals surface area (Å²) in [5, 5.41) is 20.7. The van der Waals surface area contributed by atoms with Gasteiger partial charge in [-0.15, -0.1) is 10.2 Å². The monoisotopic (exact) mass is 297 g/mol. The highest BCUT2D eigenvalue weighted by molar-refractivity contribution is 5.77. The van der Waals surface area contributed by atoms with Crippen molar-refractivity contribution < 1.29 is 9.90 Å². The van der Waals surface area contributed by atoms with Crippen LogP contribution >= 0.6 is 0 Å². The van der Waals surface area contributed by atoms with Crippen LogP contribution in [-0.4, -0.2) is 56.9 Å². The molecule has 1 rings (SSSR count). The van der Waals surface area contributed by atoms with Crippen molar-refractivity contribution in [2.24, 2.45) is 12.5 Å². The lowest BCUT2D eigenvalue weighted by molar-refractivity contribution is -0.122. The van der Waals surface area contributed by atoms with Crippen LogP contribution in [0, 0.1) is 12.3 Å². The van der Waals surface area contributed by atoms with Gasteiger partial charge in [0.2, 0.25) is 5.91 Å². The standard InChI is InChI=1S/C14H27N5O2/c1-10-16-17-12(19(10)6)8-18(5)9-13(21)15-7-11(20)14(2,3)4/h11,20H,7-9H2,1-6H3,(H,15,21). The van der Waals surface area contributed by atoms with Crippen molar-refractivity contribution >= 4 is 5.91 Å². The predicted octanol–water partition coefficient (Wildman–Crippen LogP) is 0.0785. The van der Waals surface area contributed by atoms with E-state index < -0.39 is 6.10 Å². The van der Waals surface area contributed by atoms with Crippen LogP contribution in [0.1, 0.15) is 32.4 Å². The van der Waals surface area contributed by atoms with Crippen LogP contribution < -0.4 is 5.32 Å². The number of hydrogen-bond donors (Lipinski definition) is 2. The minimum absolute atomic E-state index is 0.111. The fraction of sp³-hybridized carbons (Fsp3) is 0.786. The highest BCUT2D eigenvalue weighted by Gasteiger charge is 2.22. The maximum atomic E-state index is 11.9. The highest BCUT2D eigenvalue weighted by Crippen LogP contribution is 2.17. The lowest BCUT2D eigenvalue weighted by atomic mass is 9.89. The highest BCUT2D eigenvalue weighted by atomic mass is 16.3. The van der Waals surface area contributed by atoms with Crippen molar-refractivity contribution in [3.05, 3.63) is 11.6 Å². The second-order valence-electron chi connectivity index (χ2n) is 6.58. The van der Waals surface area contributed by atoms with E-state index in [0.717, 1.165) is 11.6 Å². The molecule has 1 atom stereocenters. The lowest BCUT2D eigenvalue weighted by Crippen LogP contribution is -2.42. The molecule has 0 radical (unpaired) electrons. The zero-order valence-corrected chi connectivity index (χ0v) is 13.8. The zero-order valence-electron chi connectivity index (χ0n) is 13.8. The molecule has 0 aliphatic carbocycles. The Balaban J connectivity index is 2.39. The van der Waals surface area contributed by atoms with Crippen LogP contribution in [0.2, 0.25) is 0 Å². The van der Waals surface area contributed by atoms with Gasteiger partial charge in [-0.3, -0.25) is 9.69 Å². The summed E-state index contributed by atoms with van der Waals surface area (Å²) in [6.07, 6.45) is -0.562. The molecule has 0 bridgehead atoms. The average molecular weight is 297 g/mol. The first-order valence-corrected chi connectivity index (χ1v) is 7.09. The molecule has 2 N–H and O–H groups in total. The van der Waals surface area contributed by atoms with E-state index in [0.29, 0.717) is 6.54 Å². The summed E-state index contributed by atoms with van der Waals surface area (Å²) < 4.78 is 1.90. The van der Waals surface area contributed by atoms with E-state index in [-0.39, 0.29) is 24.4 Å². The number of nitrogens with one attached hydrogen (secondary N) is 1. The predicted molar refractivity (Wildman–Crippen MR) is 80.5 cm³/mol. The third-order valence-electron chi connectivity index (χ3n) is 3.50. The minimum atomic E-state index is -0.562. The molecular weight excluding hydrogens is 270 g/mol. The minimum Gasteiger partial charge on any atom is -0.391 e. The van der Waals surface area contributed by atoms with Gasteiger partial charge in [-0.05, 0) is 19.4 Å². The summed E-state index contributed by atoms with van der Waals surface area (Å²) >= 11 is 0. The number of likely N-dealkylation sites (N-methyl/N-ethyl adjacent to an activating group) is 1. The Hall–Kier alpha value is -1.47. The van der Waals surface area contributed by atoms with Crippen LogP contribution in [0.4, 0.5) is 0 Å². The van der Waals surface area contributed by atoms with Crippen molar-refractivity contribution in [1.29, 1.82) is 0 Å². The zero-order chi connectivity index (χ0) is 16.2. The molecule has 0 aliphatic heterocycles. The number of amides is 1. The maximum absolute atomic E-state index is 11.9. The number of aromatic nitrogens is 3. The first-order chi connectivity index (χ1) is 9.61. The molecule has 0 fully saturated rings. The number of aliphatic hydroxyl groups is 1. The molecule has 1 aromatic rings. The molecule has 7 heteroatoms. The topological polar surface area (TPSA) is 83.3 Å². The molecule has 7 nitrogen and oxygen atoms in total. The third kappa shape index (κ3) is 5.43. The van der Waals surface area contributed by atoms with Gasteiger partial charge in [0.15, 0.2) is 0 Å². The van der Waals surface area contributed by atoms with E-state index in [9.17, 15) is 9.90 Å². The summed E-state index contributed by atoms with van der Waals surface area (Å²) in [7, 11) is 3.75. The van der Waals surface area contributed by atoms with Gasteiger partial charge in [0.1, 0.15) is 11.6 Å². The van der Waals surface area contributed by atoms with Crippen molar-refractivity contribution in [2.45, 2.75) is 40.3 Å². The van der Waals surface area contributed by atoms with E-state index in [1.165, 1.54) is 0 Å². The number of carbonyl (C=O) groups is 1.